The Balaban J connectivity index is 1.54. The summed E-state index contributed by atoms with van der Waals surface area (Å²) in [4.78, 5) is 3.77. The maximum atomic E-state index is 9.08. The van der Waals surface area contributed by atoms with Crippen LogP contribution in [0, 0.1) is 5.41 Å². The minimum Gasteiger partial charge on any atom is -0.497 e. The number of benzene rings is 3. The lowest BCUT2D eigenvalue weighted by Crippen LogP contribution is -2.53. The number of nitrogens with zero attached hydrogens (tertiary/aromatic N) is 3. The van der Waals surface area contributed by atoms with Gasteiger partial charge < -0.3 is 9.15 Å². The van der Waals surface area contributed by atoms with E-state index in [0.29, 0.717) is 29.0 Å². The van der Waals surface area contributed by atoms with Gasteiger partial charge in [-0.15, -0.1) is 5.10 Å². The minimum absolute atomic E-state index is 0.292. The van der Waals surface area contributed by atoms with Crippen LogP contribution in [0.4, 0.5) is 11.6 Å². The van der Waals surface area contributed by atoms with E-state index in [9.17, 15) is 0 Å². The SMILES string of the molecule is COc1ccc(C2=CNN=C3N(c4ccccc4)C(=N)c4cc(-c5ccccc5)oc4N23)cc1. The minimum atomic E-state index is 0.292. The summed E-state index contributed by atoms with van der Waals surface area (Å²) in [5.41, 5.74) is 7.28. The molecule has 4 aromatic rings. The number of ether oxygens (including phenoxy) is 1. The van der Waals surface area contributed by atoms with Crippen molar-refractivity contribution < 1.29 is 9.15 Å². The van der Waals surface area contributed by atoms with Gasteiger partial charge in [-0.1, -0.05) is 48.5 Å². The second-order valence-corrected chi connectivity index (χ2v) is 7.85. The van der Waals surface area contributed by atoms with Crippen LogP contribution in [-0.2, 0) is 0 Å². The zero-order valence-electron chi connectivity index (χ0n) is 18.4. The van der Waals surface area contributed by atoms with Gasteiger partial charge in [-0.05, 0) is 42.5 Å². The van der Waals surface area contributed by atoms with E-state index in [4.69, 9.17) is 14.6 Å². The quantitative estimate of drug-likeness (QED) is 0.433. The molecule has 0 amide bonds. The second-order valence-electron chi connectivity index (χ2n) is 7.85. The third-order valence-corrected chi connectivity index (χ3v) is 5.86. The van der Waals surface area contributed by atoms with Crippen LogP contribution in [0.1, 0.15) is 11.1 Å². The number of hydrazone groups is 1. The highest BCUT2D eigenvalue weighted by atomic mass is 16.5. The predicted octanol–water partition coefficient (Wildman–Crippen LogP) is 5.48. The first-order chi connectivity index (χ1) is 16.7. The average Bonchev–Trinajstić information content (AvgIpc) is 3.36. The van der Waals surface area contributed by atoms with Gasteiger partial charge >= 0.3 is 0 Å². The molecule has 166 valence electrons. The van der Waals surface area contributed by atoms with Gasteiger partial charge in [0.15, 0.2) is 0 Å². The fourth-order valence-corrected chi connectivity index (χ4v) is 4.20. The van der Waals surface area contributed by atoms with Crippen LogP contribution >= 0.6 is 0 Å². The molecule has 7 heteroatoms. The summed E-state index contributed by atoms with van der Waals surface area (Å²) in [5, 5.41) is 13.6. The molecular formula is C27H21N5O2. The molecule has 0 spiro atoms. The van der Waals surface area contributed by atoms with Crippen molar-refractivity contribution >= 4 is 29.1 Å². The van der Waals surface area contributed by atoms with Gasteiger partial charge in [-0.25, -0.2) is 4.90 Å². The fraction of sp³-hybridized carbons (Fsp3) is 0.0370. The Labute approximate surface area is 196 Å². The van der Waals surface area contributed by atoms with Crippen molar-refractivity contribution in [2.45, 2.75) is 0 Å². The van der Waals surface area contributed by atoms with Crippen LogP contribution < -0.4 is 20.0 Å². The van der Waals surface area contributed by atoms with Crippen molar-refractivity contribution in [1.29, 1.82) is 5.41 Å². The van der Waals surface area contributed by atoms with Gasteiger partial charge in [-0.3, -0.25) is 15.7 Å². The van der Waals surface area contributed by atoms with Crippen molar-refractivity contribution in [2.75, 3.05) is 16.9 Å². The highest BCUT2D eigenvalue weighted by molar-refractivity contribution is 6.35. The molecule has 6 rings (SSSR count). The number of nitrogens with one attached hydrogen (secondary N) is 2. The summed E-state index contributed by atoms with van der Waals surface area (Å²) in [5.74, 6) is 2.85. The Kier molecular flexibility index (Phi) is 4.66. The number of para-hydroxylation sites is 1. The second kappa shape index (κ2) is 7.97. The van der Waals surface area contributed by atoms with Crippen LogP contribution in [-0.4, -0.2) is 18.9 Å². The smallest absolute Gasteiger partial charge is 0.241 e. The van der Waals surface area contributed by atoms with E-state index in [1.54, 1.807) is 7.11 Å². The van der Waals surface area contributed by atoms with E-state index >= 15 is 0 Å². The van der Waals surface area contributed by atoms with E-state index in [1.807, 2.05) is 107 Å². The topological polar surface area (TPSA) is 77.1 Å². The monoisotopic (exact) mass is 447 g/mol. The van der Waals surface area contributed by atoms with Crippen LogP contribution in [0.3, 0.4) is 0 Å². The number of methoxy groups -OCH3 is 1. The van der Waals surface area contributed by atoms with Gasteiger partial charge in [0.25, 0.3) is 0 Å². The van der Waals surface area contributed by atoms with E-state index in [0.717, 1.165) is 28.3 Å². The maximum absolute atomic E-state index is 9.08. The van der Waals surface area contributed by atoms with E-state index in [1.165, 1.54) is 0 Å². The van der Waals surface area contributed by atoms with Gasteiger partial charge in [-0.2, -0.15) is 0 Å². The number of rotatable bonds is 4. The molecule has 0 aliphatic carbocycles. The Morgan fingerprint density at radius 2 is 1.56 bits per heavy atom. The molecular weight excluding hydrogens is 426 g/mol. The summed E-state index contributed by atoms with van der Waals surface area (Å²) in [6.45, 7) is 0. The third-order valence-electron chi connectivity index (χ3n) is 5.86. The first-order valence-electron chi connectivity index (χ1n) is 10.9. The predicted molar refractivity (Wildman–Crippen MR) is 134 cm³/mol. The zero-order valence-corrected chi connectivity index (χ0v) is 18.4. The summed E-state index contributed by atoms with van der Waals surface area (Å²) in [6, 6.07) is 29.4. The van der Waals surface area contributed by atoms with Crippen molar-refractivity contribution in [3.05, 3.63) is 108 Å². The van der Waals surface area contributed by atoms with Gasteiger partial charge in [0.2, 0.25) is 11.8 Å². The fourth-order valence-electron chi connectivity index (χ4n) is 4.20. The van der Waals surface area contributed by atoms with E-state index in [-0.39, 0.29) is 0 Å². The van der Waals surface area contributed by atoms with Crippen LogP contribution in [0.2, 0.25) is 0 Å². The zero-order chi connectivity index (χ0) is 23.1. The molecule has 2 aliphatic heterocycles. The van der Waals surface area contributed by atoms with Gasteiger partial charge in [0.05, 0.1) is 24.1 Å². The molecule has 0 unspecified atom stereocenters. The molecule has 0 atom stereocenters. The molecule has 3 heterocycles. The first kappa shape index (κ1) is 19.9. The number of furan rings is 1. The van der Waals surface area contributed by atoms with Gasteiger partial charge in [0, 0.05) is 17.3 Å². The van der Waals surface area contributed by atoms with E-state index in [2.05, 4.69) is 10.5 Å². The number of fused-ring (bicyclic) bond motifs is 3. The number of anilines is 2. The largest absolute Gasteiger partial charge is 0.497 e. The lowest BCUT2D eigenvalue weighted by atomic mass is 10.1. The highest BCUT2D eigenvalue weighted by Crippen LogP contribution is 2.42. The molecule has 0 saturated carbocycles. The van der Waals surface area contributed by atoms with Crippen molar-refractivity contribution in [2.24, 2.45) is 5.10 Å². The average molecular weight is 447 g/mol. The summed E-state index contributed by atoms with van der Waals surface area (Å²) in [7, 11) is 1.65. The standard InChI is InChI=1S/C27H21N5O2/c1-33-21-14-12-18(13-15-21)23-17-29-30-27-31(20-10-6-3-7-11-20)25(28)22-16-24(34-26(22)32(23)27)19-8-4-2-5-9-19/h2-17,28-29H,1H3. The van der Waals surface area contributed by atoms with Crippen LogP contribution in [0.5, 0.6) is 5.75 Å². The normalized spacial score (nSPS) is 14.6. The van der Waals surface area contributed by atoms with E-state index < -0.39 is 0 Å². The lowest BCUT2D eigenvalue weighted by molar-refractivity contribution is 0.415. The lowest BCUT2D eigenvalue weighted by Gasteiger charge is -2.39. The number of hydrogen-bond donors (Lipinski definition) is 2. The number of guanidine groups is 1. The molecule has 0 radical (unpaired) electrons. The first-order valence-corrected chi connectivity index (χ1v) is 10.9. The highest BCUT2D eigenvalue weighted by Gasteiger charge is 2.41. The van der Waals surface area contributed by atoms with Crippen molar-refractivity contribution in [3.8, 4) is 17.1 Å². The molecule has 1 aromatic heterocycles. The van der Waals surface area contributed by atoms with Crippen LogP contribution in [0.25, 0.3) is 17.0 Å². The molecule has 7 nitrogen and oxygen atoms in total. The third kappa shape index (κ3) is 3.14. The molecule has 0 saturated heterocycles. The Bertz CT molecular complexity index is 1420. The molecule has 0 fully saturated rings. The Hall–Kier alpha value is -4.78. The molecule has 2 aliphatic rings. The summed E-state index contributed by atoms with van der Waals surface area (Å²) >= 11 is 0. The molecule has 3 aromatic carbocycles. The summed E-state index contributed by atoms with van der Waals surface area (Å²) < 4.78 is 11.7. The maximum Gasteiger partial charge on any atom is 0.241 e. The number of amidine groups is 1. The molecule has 0 bridgehead atoms. The molecule has 2 N–H and O–H groups in total. The van der Waals surface area contributed by atoms with Crippen molar-refractivity contribution in [1.82, 2.24) is 5.43 Å². The molecule has 34 heavy (non-hydrogen) atoms. The number of hydrogen-bond acceptors (Lipinski definition) is 6. The Morgan fingerprint density at radius 3 is 2.26 bits per heavy atom. The summed E-state index contributed by atoms with van der Waals surface area (Å²) in [6.07, 6.45) is 1.83. The van der Waals surface area contributed by atoms with Crippen molar-refractivity contribution in [3.63, 3.8) is 0 Å². The van der Waals surface area contributed by atoms with Crippen LogP contribution in [0.15, 0.2) is 107 Å². The Morgan fingerprint density at radius 1 is 0.853 bits per heavy atom. The van der Waals surface area contributed by atoms with Gasteiger partial charge in [0.1, 0.15) is 17.3 Å².